The van der Waals surface area contributed by atoms with E-state index in [0.717, 1.165) is 16.6 Å². The fraction of sp³-hybridized carbons (Fsp3) is 0.357. The number of aliphatic carboxylic acids is 1. The maximum absolute atomic E-state index is 11.2. The monoisotopic (exact) mass is 246 g/mol. The van der Waals surface area contributed by atoms with Gasteiger partial charge in [0.15, 0.2) is 0 Å². The minimum atomic E-state index is -0.817. The van der Waals surface area contributed by atoms with Crippen LogP contribution < -0.4 is 5.32 Å². The zero-order chi connectivity index (χ0) is 13.1. The van der Waals surface area contributed by atoms with Gasteiger partial charge in [-0.05, 0) is 17.5 Å². The number of aromatic amines is 1. The molecule has 4 heteroatoms. The molecular weight excluding hydrogens is 228 g/mol. The van der Waals surface area contributed by atoms with E-state index in [1.54, 1.807) is 0 Å². The summed E-state index contributed by atoms with van der Waals surface area (Å²) in [7, 11) is 0. The van der Waals surface area contributed by atoms with E-state index in [9.17, 15) is 9.90 Å². The first kappa shape index (κ1) is 12.6. The lowest BCUT2D eigenvalue weighted by Gasteiger charge is -2.16. The van der Waals surface area contributed by atoms with E-state index in [1.165, 1.54) is 0 Å². The third kappa shape index (κ3) is 2.90. The van der Waals surface area contributed by atoms with E-state index in [4.69, 9.17) is 0 Å². The first-order chi connectivity index (χ1) is 8.56. The Hall–Kier alpha value is -1.81. The van der Waals surface area contributed by atoms with Crippen molar-refractivity contribution >= 4 is 16.9 Å². The van der Waals surface area contributed by atoms with Crippen LogP contribution in [0.25, 0.3) is 10.9 Å². The standard InChI is InChI=1S/C14H18N2O2/c1-9(2)15-13(14(17)18)8-11-7-10-5-3-4-6-12(10)16-11/h3-7,9,13,15-16H,8H2,1-2H3,(H,17,18)/t13-/m0/s1. The molecule has 0 amide bonds. The first-order valence-corrected chi connectivity index (χ1v) is 6.11. The van der Waals surface area contributed by atoms with Gasteiger partial charge in [-0.1, -0.05) is 32.0 Å². The zero-order valence-corrected chi connectivity index (χ0v) is 10.6. The van der Waals surface area contributed by atoms with Crippen molar-refractivity contribution in [3.8, 4) is 0 Å². The highest BCUT2D eigenvalue weighted by molar-refractivity contribution is 5.80. The van der Waals surface area contributed by atoms with E-state index in [0.29, 0.717) is 6.42 Å². The molecule has 3 N–H and O–H groups in total. The molecule has 0 aliphatic carbocycles. The molecule has 0 spiro atoms. The quantitative estimate of drug-likeness (QED) is 0.757. The summed E-state index contributed by atoms with van der Waals surface area (Å²) in [5.74, 6) is -0.817. The van der Waals surface area contributed by atoms with Crippen LogP contribution in [-0.4, -0.2) is 28.1 Å². The molecule has 0 aliphatic rings. The Morgan fingerprint density at radius 1 is 1.39 bits per heavy atom. The Balaban J connectivity index is 2.17. The lowest BCUT2D eigenvalue weighted by molar-refractivity contribution is -0.139. The van der Waals surface area contributed by atoms with Gasteiger partial charge in [0, 0.05) is 23.7 Å². The minimum Gasteiger partial charge on any atom is -0.480 e. The normalized spacial score (nSPS) is 13.1. The van der Waals surface area contributed by atoms with E-state index >= 15 is 0 Å². The van der Waals surface area contributed by atoms with Crippen LogP contribution in [0, 0.1) is 0 Å². The molecule has 0 fully saturated rings. The summed E-state index contributed by atoms with van der Waals surface area (Å²) in [5, 5.41) is 13.3. The molecule has 1 heterocycles. The van der Waals surface area contributed by atoms with Crippen LogP contribution in [-0.2, 0) is 11.2 Å². The molecule has 0 unspecified atom stereocenters. The number of hydrogen-bond acceptors (Lipinski definition) is 2. The highest BCUT2D eigenvalue weighted by Crippen LogP contribution is 2.15. The van der Waals surface area contributed by atoms with Crippen molar-refractivity contribution < 1.29 is 9.90 Å². The Labute approximate surface area is 106 Å². The van der Waals surface area contributed by atoms with Crippen LogP contribution in [0.1, 0.15) is 19.5 Å². The van der Waals surface area contributed by atoms with E-state index in [1.807, 2.05) is 44.2 Å². The predicted octanol–water partition coefficient (Wildman–Crippen LogP) is 2.16. The van der Waals surface area contributed by atoms with Gasteiger partial charge < -0.3 is 15.4 Å². The molecule has 0 bridgehead atoms. The molecule has 2 aromatic rings. The molecule has 1 aromatic heterocycles. The molecule has 18 heavy (non-hydrogen) atoms. The molecule has 96 valence electrons. The summed E-state index contributed by atoms with van der Waals surface area (Å²) in [5.41, 5.74) is 1.98. The number of carbonyl (C=O) groups is 1. The molecular formula is C14H18N2O2. The van der Waals surface area contributed by atoms with Crippen molar-refractivity contribution in [2.75, 3.05) is 0 Å². The number of hydrogen-bond donors (Lipinski definition) is 3. The molecule has 0 saturated carbocycles. The number of carboxylic acids is 1. The summed E-state index contributed by atoms with van der Waals surface area (Å²) < 4.78 is 0. The van der Waals surface area contributed by atoms with Crippen LogP contribution in [0.2, 0.25) is 0 Å². The van der Waals surface area contributed by atoms with Crippen LogP contribution in [0.3, 0.4) is 0 Å². The molecule has 0 aliphatic heterocycles. The number of para-hydroxylation sites is 1. The van der Waals surface area contributed by atoms with Gasteiger partial charge in [0.2, 0.25) is 0 Å². The molecule has 4 nitrogen and oxygen atoms in total. The number of benzene rings is 1. The Kier molecular flexibility index (Phi) is 3.67. The fourth-order valence-corrected chi connectivity index (χ4v) is 2.08. The van der Waals surface area contributed by atoms with Crippen LogP contribution >= 0.6 is 0 Å². The predicted molar refractivity (Wildman–Crippen MR) is 71.7 cm³/mol. The first-order valence-electron chi connectivity index (χ1n) is 6.11. The third-order valence-corrected chi connectivity index (χ3v) is 2.84. The van der Waals surface area contributed by atoms with Crippen LogP contribution in [0.4, 0.5) is 0 Å². The van der Waals surface area contributed by atoms with E-state index in [-0.39, 0.29) is 6.04 Å². The average molecular weight is 246 g/mol. The maximum Gasteiger partial charge on any atom is 0.321 e. The zero-order valence-electron chi connectivity index (χ0n) is 10.6. The van der Waals surface area contributed by atoms with E-state index < -0.39 is 12.0 Å². The number of nitrogens with one attached hydrogen (secondary N) is 2. The summed E-state index contributed by atoms with van der Waals surface area (Å²) in [6.07, 6.45) is 0.461. The van der Waals surface area contributed by atoms with Gasteiger partial charge in [0.25, 0.3) is 0 Å². The largest absolute Gasteiger partial charge is 0.480 e. The summed E-state index contributed by atoms with van der Waals surface area (Å²) in [6.45, 7) is 3.89. The van der Waals surface area contributed by atoms with Gasteiger partial charge in [-0.25, -0.2) is 0 Å². The van der Waals surface area contributed by atoms with Crippen molar-refractivity contribution in [3.05, 3.63) is 36.0 Å². The van der Waals surface area contributed by atoms with Gasteiger partial charge in [-0.2, -0.15) is 0 Å². The molecule has 1 atom stereocenters. The second-order valence-electron chi connectivity index (χ2n) is 4.80. The summed E-state index contributed by atoms with van der Waals surface area (Å²) >= 11 is 0. The van der Waals surface area contributed by atoms with Crippen molar-refractivity contribution in [1.82, 2.24) is 10.3 Å². The Morgan fingerprint density at radius 3 is 2.72 bits per heavy atom. The topological polar surface area (TPSA) is 65.1 Å². The van der Waals surface area contributed by atoms with Gasteiger partial charge in [0.1, 0.15) is 6.04 Å². The number of H-pyrrole nitrogens is 1. The third-order valence-electron chi connectivity index (χ3n) is 2.84. The number of carboxylic acid groups (broad SMARTS) is 1. The van der Waals surface area contributed by atoms with Gasteiger partial charge >= 0.3 is 5.97 Å². The number of fused-ring (bicyclic) bond motifs is 1. The molecule has 0 radical (unpaired) electrons. The van der Waals surface area contributed by atoms with Crippen molar-refractivity contribution in [2.24, 2.45) is 0 Å². The van der Waals surface area contributed by atoms with Crippen molar-refractivity contribution in [1.29, 1.82) is 0 Å². The van der Waals surface area contributed by atoms with Crippen molar-refractivity contribution in [2.45, 2.75) is 32.4 Å². The Bertz CT molecular complexity index is 512. The molecule has 1 aromatic carbocycles. The SMILES string of the molecule is CC(C)N[C@@H](Cc1cc2ccccc2[nH]1)C(=O)O. The maximum atomic E-state index is 11.2. The van der Waals surface area contributed by atoms with Crippen molar-refractivity contribution in [3.63, 3.8) is 0 Å². The van der Waals surface area contributed by atoms with Crippen LogP contribution in [0.15, 0.2) is 30.3 Å². The highest BCUT2D eigenvalue weighted by Gasteiger charge is 2.19. The fourth-order valence-electron chi connectivity index (χ4n) is 2.08. The second-order valence-corrected chi connectivity index (χ2v) is 4.80. The van der Waals surface area contributed by atoms with Gasteiger partial charge in [-0.3, -0.25) is 4.79 Å². The summed E-state index contributed by atoms with van der Waals surface area (Å²) in [4.78, 5) is 14.4. The lowest BCUT2D eigenvalue weighted by atomic mass is 10.1. The lowest BCUT2D eigenvalue weighted by Crippen LogP contribution is -2.42. The van der Waals surface area contributed by atoms with Gasteiger partial charge in [-0.15, -0.1) is 0 Å². The Morgan fingerprint density at radius 2 is 2.11 bits per heavy atom. The molecule has 2 rings (SSSR count). The van der Waals surface area contributed by atoms with Gasteiger partial charge in [0.05, 0.1) is 0 Å². The second kappa shape index (κ2) is 5.23. The smallest absolute Gasteiger partial charge is 0.321 e. The van der Waals surface area contributed by atoms with E-state index in [2.05, 4.69) is 10.3 Å². The van der Waals surface area contributed by atoms with Crippen LogP contribution in [0.5, 0.6) is 0 Å². The highest BCUT2D eigenvalue weighted by atomic mass is 16.4. The number of rotatable bonds is 5. The summed E-state index contributed by atoms with van der Waals surface area (Å²) in [6, 6.07) is 9.54. The number of aromatic nitrogens is 1. The molecule has 0 saturated heterocycles. The minimum absolute atomic E-state index is 0.149. The average Bonchev–Trinajstić information content (AvgIpc) is 2.69.